The maximum Gasteiger partial charge on any atom is 0.247 e. The number of imide groups is 1. The summed E-state index contributed by atoms with van der Waals surface area (Å²) < 4.78 is 0.0780. The summed E-state index contributed by atoms with van der Waals surface area (Å²) >= 11 is 1.75. The molecule has 1 saturated heterocycles. The van der Waals surface area contributed by atoms with Gasteiger partial charge in [-0.1, -0.05) is 0 Å². The minimum atomic E-state index is -0.337. The molecule has 0 aromatic rings. The van der Waals surface area contributed by atoms with E-state index in [0.717, 1.165) is 6.54 Å². The Morgan fingerprint density at radius 3 is 2.47 bits per heavy atom. The number of carbonyl (C=O) groups is 2. The van der Waals surface area contributed by atoms with E-state index < -0.39 is 0 Å². The van der Waals surface area contributed by atoms with Gasteiger partial charge in [0.25, 0.3) is 0 Å². The second kappa shape index (κ2) is 5.40. The van der Waals surface area contributed by atoms with Gasteiger partial charge in [0.1, 0.15) is 0 Å². The number of likely N-dealkylation sites (tertiary alicyclic amines) is 1. The summed E-state index contributed by atoms with van der Waals surface area (Å²) in [6.07, 6.45) is 2.34. The van der Waals surface area contributed by atoms with Gasteiger partial charge < -0.3 is 5.32 Å². The van der Waals surface area contributed by atoms with Crippen LogP contribution in [-0.4, -0.2) is 46.3 Å². The van der Waals surface area contributed by atoms with E-state index in [4.69, 9.17) is 0 Å². The molecule has 98 valence electrons. The highest BCUT2D eigenvalue weighted by molar-refractivity contribution is 7.99. The van der Waals surface area contributed by atoms with E-state index in [0.29, 0.717) is 6.42 Å². The van der Waals surface area contributed by atoms with Gasteiger partial charge in [-0.3, -0.25) is 14.5 Å². The van der Waals surface area contributed by atoms with E-state index in [2.05, 4.69) is 19.2 Å². The van der Waals surface area contributed by atoms with Crippen molar-refractivity contribution in [2.45, 2.75) is 50.9 Å². The molecule has 1 aliphatic rings. The molecule has 0 bridgehead atoms. The SMILES string of the molecule is CSC(C)(C)CNC1CC(=O)N(C(C)C)C1=O. The fraction of sp³-hybridized carbons (Fsp3) is 0.833. The van der Waals surface area contributed by atoms with Gasteiger partial charge in [0, 0.05) is 17.3 Å². The van der Waals surface area contributed by atoms with E-state index in [-0.39, 0.29) is 28.6 Å². The van der Waals surface area contributed by atoms with E-state index in [1.165, 1.54) is 4.90 Å². The molecule has 1 atom stereocenters. The predicted octanol–water partition coefficient (Wildman–Crippen LogP) is 1.25. The van der Waals surface area contributed by atoms with Crippen molar-refractivity contribution >= 4 is 23.6 Å². The van der Waals surface area contributed by atoms with Gasteiger partial charge in [0.2, 0.25) is 11.8 Å². The van der Waals surface area contributed by atoms with Gasteiger partial charge in [0.05, 0.1) is 12.5 Å². The molecule has 0 radical (unpaired) electrons. The molecule has 1 unspecified atom stereocenters. The number of rotatable bonds is 5. The molecule has 1 heterocycles. The highest BCUT2D eigenvalue weighted by Crippen LogP contribution is 2.22. The summed E-state index contributed by atoms with van der Waals surface area (Å²) in [4.78, 5) is 25.1. The summed E-state index contributed by atoms with van der Waals surface area (Å²) in [5, 5.41) is 3.20. The quantitative estimate of drug-likeness (QED) is 0.754. The Morgan fingerprint density at radius 2 is 2.06 bits per heavy atom. The van der Waals surface area contributed by atoms with Crippen molar-refractivity contribution in [2.75, 3.05) is 12.8 Å². The van der Waals surface area contributed by atoms with Crippen molar-refractivity contribution in [2.24, 2.45) is 0 Å². The molecule has 5 heteroatoms. The molecule has 1 N–H and O–H groups in total. The van der Waals surface area contributed by atoms with E-state index in [1.54, 1.807) is 11.8 Å². The van der Waals surface area contributed by atoms with Crippen molar-refractivity contribution in [3.63, 3.8) is 0 Å². The average Bonchev–Trinajstić information content (AvgIpc) is 2.51. The number of hydrogen-bond acceptors (Lipinski definition) is 4. The summed E-state index contributed by atoms with van der Waals surface area (Å²) in [7, 11) is 0. The van der Waals surface area contributed by atoms with Crippen LogP contribution in [0.2, 0.25) is 0 Å². The number of hydrogen-bond donors (Lipinski definition) is 1. The average molecular weight is 258 g/mol. The second-order valence-corrected chi connectivity index (χ2v) is 6.81. The van der Waals surface area contributed by atoms with Gasteiger partial charge in [-0.15, -0.1) is 0 Å². The number of carbonyl (C=O) groups excluding carboxylic acids is 2. The summed E-state index contributed by atoms with van der Waals surface area (Å²) in [5.41, 5.74) is 0. The lowest BCUT2D eigenvalue weighted by molar-refractivity contribution is -0.140. The molecule has 0 spiro atoms. The second-order valence-electron chi connectivity index (χ2n) is 5.30. The summed E-state index contributed by atoms with van der Waals surface area (Å²) in [6.45, 7) is 8.69. The van der Waals surface area contributed by atoms with Crippen LogP contribution < -0.4 is 5.32 Å². The Hall–Kier alpha value is -0.550. The highest BCUT2D eigenvalue weighted by atomic mass is 32.2. The van der Waals surface area contributed by atoms with Gasteiger partial charge in [-0.05, 0) is 34.0 Å². The van der Waals surface area contributed by atoms with Gasteiger partial charge in [0.15, 0.2) is 0 Å². The normalized spacial score (nSPS) is 21.8. The van der Waals surface area contributed by atoms with Crippen molar-refractivity contribution in [3.8, 4) is 0 Å². The molecule has 0 aliphatic carbocycles. The zero-order valence-electron chi connectivity index (χ0n) is 11.2. The van der Waals surface area contributed by atoms with Crippen molar-refractivity contribution in [1.82, 2.24) is 10.2 Å². The van der Waals surface area contributed by atoms with E-state index in [1.807, 2.05) is 20.1 Å². The third kappa shape index (κ3) is 3.45. The van der Waals surface area contributed by atoms with Crippen LogP contribution in [0.5, 0.6) is 0 Å². The maximum absolute atomic E-state index is 12.0. The van der Waals surface area contributed by atoms with E-state index >= 15 is 0 Å². The molecule has 1 fully saturated rings. The number of nitrogens with zero attached hydrogens (tertiary/aromatic N) is 1. The predicted molar refractivity (Wildman–Crippen MR) is 71.0 cm³/mol. The fourth-order valence-electron chi connectivity index (χ4n) is 1.79. The highest BCUT2D eigenvalue weighted by Gasteiger charge is 2.40. The Bertz CT molecular complexity index is 316. The van der Waals surface area contributed by atoms with Crippen LogP contribution in [0.25, 0.3) is 0 Å². The van der Waals surface area contributed by atoms with Crippen molar-refractivity contribution in [3.05, 3.63) is 0 Å². The Labute approximate surface area is 108 Å². The molecular formula is C12H22N2O2S. The molecule has 1 aliphatic heterocycles. The van der Waals surface area contributed by atoms with E-state index in [9.17, 15) is 9.59 Å². The summed E-state index contributed by atoms with van der Waals surface area (Å²) in [6, 6.07) is -0.383. The van der Waals surface area contributed by atoms with Crippen LogP contribution >= 0.6 is 11.8 Å². The van der Waals surface area contributed by atoms with Crippen LogP contribution in [0.15, 0.2) is 0 Å². The van der Waals surface area contributed by atoms with Crippen molar-refractivity contribution in [1.29, 1.82) is 0 Å². The zero-order valence-corrected chi connectivity index (χ0v) is 12.1. The Morgan fingerprint density at radius 1 is 1.47 bits per heavy atom. The molecule has 0 aromatic carbocycles. The minimum Gasteiger partial charge on any atom is -0.304 e. The molecule has 0 aromatic heterocycles. The lowest BCUT2D eigenvalue weighted by Gasteiger charge is -2.24. The van der Waals surface area contributed by atoms with Gasteiger partial charge in [-0.25, -0.2) is 0 Å². The molecule has 0 saturated carbocycles. The molecule has 1 rings (SSSR count). The minimum absolute atomic E-state index is 0.0460. The lowest BCUT2D eigenvalue weighted by Crippen LogP contribution is -2.45. The number of nitrogens with one attached hydrogen (secondary N) is 1. The first-order valence-electron chi connectivity index (χ1n) is 5.93. The third-order valence-electron chi connectivity index (χ3n) is 3.03. The first-order chi connectivity index (χ1) is 7.78. The van der Waals surface area contributed by atoms with Crippen LogP contribution in [0, 0.1) is 0 Å². The van der Waals surface area contributed by atoms with Crippen LogP contribution in [0.1, 0.15) is 34.1 Å². The first-order valence-corrected chi connectivity index (χ1v) is 7.15. The molecule has 17 heavy (non-hydrogen) atoms. The fourth-order valence-corrected chi connectivity index (χ4v) is 2.02. The smallest absolute Gasteiger partial charge is 0.247 e. The van der Waals surface area contributed by atoms with Crippen LogP contribution in [-0.2, 0) is 9.59 Å². The van der Waals surface area contributed by atoms with Crippen molar-refractivity contribution < 1.29 is 9.59 Å². The monoisotopic (exact) mass is 258 g/mol. The molecule has 4 nitrogen and oxygen atoms in total. The van der Waals surface area contributed by atoms with Crippen LogP contribution in [0.4, 0.5) is 0 Å². The zero-order chi connectivity index (χ0) is 13.2. The lowest BCUT2D eigenvalue weighted by atomic mass is 10.1. The number of thioether (sulfide) groups is 1. The first kappa shape index (κ1) is 14.5. The van der Waals surface area contributed by atoms with Gasteiger partial charge >= 0.3 is 0 Å². The van der Waals surface area contributed by atoms with Crippen LogP contribution in [0.3, 0.4) is 0 Å². The maximum atomic E-state index is 12.0. The Kier molecular flexibility index (Phi) is 4.61. The molecule has 2 amide bonds. The third-order valence-corrected chi connectivity index (χ3v) is 4.28. The topological polar surface area (TPSA) is 49.4 Å². The summed E-state index contributed by atoms with van der Waals surface area (Å²) in [5.74, 6) is -0.147. The standard InChI is InChI=1S/C12H22N2O2S/c1-8(2)14-10(15)6-9(11(14)16)13-7-12(3,4)17-5/h8-9,13H,6-7H2,1-5H3. The molecular weight excluding hydrogens is 236 g/mol. The Balaban J connectivity index is 2.58. The number of amides is 2. The van der Waals surface area contributed by atoms with Gasteiger partial charge in [-0.2, -0.15) is 11.8 Å². The largest absolute Gasteiger partial charge is 0.304 e.